The fourth-order valence-corrected chi connectivity index (χ4v) is 4.17. The molecule has 24 heavy (non-hydrogen) atoms. The third-order valence-corrected chi connectivity index (χ3v) is 5.64. The summed E-state index contributed by atoms with van der Waals surface area (Å²) in [5.74, 6) is 0.174. The number of rotatable bonds is 3. The van der Waals surface area contributed by atoms with Crippen LogP contribution in [0.25, 0.3) is 0 Å². The van der Waals surface area contributed by atoms with Crippen molar-refractivity contribution in [2.75, 3.05) is 26.2 Å². The van der Waals surface area contributed by atoms with Gasteiger partial charge in [-0.05, 0) is 18.1 Å². The fraction of sp³-hybridized carbons (Fsp3) is 0.500. The maximum Gasteiger partial charge on any atom is 0.263 e. The number of nitrogens with zero attached hydrogens (tertiary/aromatic N) is 2. The Morgan fingerprint density at radius 1 is 1.21 bits per heavy atom. The second-order valence-corrected chi connectivity index (χ2v) is 7.99. The number of sulfonamides is 1. The molecule has 1 atom stereocenters. The highest BCUT2D eigenvalue weighted by molar-refractivity contribution is 7.90. The van der Waals surface area contributed by atoms with Crippen molar-refractivity contribution >= 4 is 21.8 Å². The molecular formula is C16H22N4O3S. The topological polar surface area (TPSA) is 90.9 Å². The third kappa shape index (κ3) is 3.16. The van der Waals surface area contributed by atoms with E-state index in [-0.39, 0.29) is 22.6 Å². The number of nitrogens with one attached hydrogen (secondary N) is 2. The average molecular weight is 350 g/mol. The number of piperazine rings is 1. The highest BCUT2D eigenvalue weighted by atomic mass is 32.2. The van der Waals surface area contributed by atoms with Crippen LogP contribution < -0.4 is 10.0 Å². The summed E-state index contributed by atoms with van der Waals surface area (Å²) in [4.78, 5) is 19.3. The minimum absolute atomic E-state index is 0.0304. The van der Waals surface area contributed by atoms with Crippen LogP contribution in [0.15, 0.2) is 34.2 Å². The molecule has 130 valence electrons. The molecule has 0 bridgehead atoms. The predicted molar refractivity (Wildman–Crippen MR) is 91.4 cm³/mol. The van der Waals surface area contributed by atoms with Gasteiger partial charge < -0.3 is 10.2 Å². The molecule has 3 rings (SSSR count). The minimum Gasteiger partial charge on any atom is -0.338 e. The maximum atomic E-state index is 12.8. The Morgan fingerprint density at radius 2 is 1.88 bits per heavy atom. The van der Waals surface area contributed by atoms with Crippen molar-refractivity contribution in [2.24, 2.45) is 10.9 Å². The van der Waals surface area contributed by atoms with Crippen molar-refractivity contribution in [2.45, 2.75) is 24.8 Å². The van der Waals surface area contributed by atoms with Crippen molar-refractivity contribution in [3.8, 4) is 0 Å². The molecule has 1 fully saturated rings. The Labute approximate surface area is 142 Å². The number of carbonyl (C=O) groups is 1. The third-order valence-electron chi connectivity index (χ3n) is 4.24. The summed E-state index contributed by atoms with van der Waals surface area (Å²) in [5.41, 5.74) is 0.524. The van der Waals surface area contributed by atoms with E-state index in [4.69, 9.17) is 0 Å². The Morgan fingerprint density at radius 3 is 2.54 bits per heavy atom. The van der Waals surface area contributed by atoms with E-state index < -0.39 is 16.1 Å². The highest BCUT2D eigenvalue weighted by Gasteiger charge is 2.34. The molecule has 0 aliphatic carbocycles. The van der Waals surface area contributed by atoms with Gasteiger partial charge in [-0.25, -0.2) is 8.42 Å². The number of carbonyl (C=O) groups excluding carboxylic acids is 1. The van der Waals surface area contributed by atoms with Crippen molar-refractivity contribution in [1.29, 1.82) is 0 Å². The van der Waals surface area contributed by atoms with E-state index in [2.05, 4.69) is 15.0 Å². The quantitative estimate of drug-likeness (QED) is 0.814. The molecule has 2 N–H and O–H groups in total. The van der Waals surface area contributed by atoms with Crippen molar-refractivity contribution in [3.05, 3.63) is 29.8 Å². The number of aliphatic imine (C=N–C) groups is 1. The first-order valence-electron chi connectivity index (χ1n) is 8.09. The van der Waals surface area contributed by atoms with E-state index in [0.717, 1.165) is 13.1 Å². The van der Waals surface area contributed by atoms with Gasteiger partial charge in [0.2, 0.25) is 5.91 Å². The molecule has 0 aromatic heterocycles. The molecule has 1 amide bonds. The van der Waals surface area contributed by atoms with Crippen molar-refractivity contribution in [1.82, 2.24) is 14.9 Å². The lowest BCUT2D eigenvalue weighted by atomic mass is 10.0. The number of hydrogen-bond acceptors (Lipinski definition) is 5. The number of benzene rings is 1. The Balaban J connectivity index is 1.94. The van der Waals surface area contributed by atoms with Gasteiger partial charge in [-0.2, -0.15) is 0 Å². The normalized spacial score (nSPS) is 22.3. The van der Waals surface area contributed by atoms with E-state index in [0.29, 0.717) is 18.7 Å². The second kappa shape index (κ2) is 6.52. The predicted octanol–water partition coefficient (Wildman–Crippen LogP) is 0.182. The fourth-order valence-electron chi connectivity index (χ4n) is 2.93. The zero-order valence-electron chi connectivity index (χ0n) is 13.8. The summed E-state index contributed by atoms with van der Waals surface area (Å²) in [6.07, 6.45) is 0. The molecule has 2 aliphatic rings. The summed E-state index contributed by atoms with van der Waals surface area (Å²) >= 11 is 0. The zero-order chi connectivity index (χ0) is 17.3. The van der Waals surface area contributed by atoms with E-state index in [1.807, 2.05) is 13.8 Å². The standard InChI is InChI=1S/C16H22N4O3S/c1-11(2)14(16(21)20-9-7-17-8-10-20)18-15-12-5-3-4-6-13(12)24(22,23)19-15/h3-6,11,14,17H,7-10H2,1-2H3,(H,18,19)/t14-/m0/s1. The Kier molecular flexibility index (Phi) is 4.60. The molecule has 1 saturated heterocycles. The second-order valence-electron chi connectivity index (χ2n) is 6.34. The molecule has 8 heteroatoms. The van der Waals surface area contributed by atoms with Gasteiger partial charge in [0, 0.05) is 31.7 Å². The Bertz CT molecular complexity index is 767. The van der Waals surface area contributed by atoms with Gasteiger partial charge in [0.1, 0.15) is 11.9 Å². The molecule has 2 heterocycles. The molecule has 1 aromatic rings. The zero-order valence-corrected chi connectivity index (χ0v) is 14.6. The minimum atomic E-state index is -3.59. The van der Waals surface area contributed by atoms with Gasteiger partial charge in [-0.3, -0.25) is 14.5 Å². The molecule has 7 nitrogen and oxygen atoms in total. The Hall–Kier alpha value is -1.93. The lowest BCUT2D eigenvalue weighted by Crippen LogP contribution is -2.50. The van der Waals surface area contributed by atoms with Crippen LogP contribution in [0.5, 0.6) is 0 Å². The van der Waals surface area contributed by atoms with Gasteiger partial charge in [0.05, 0.1) is 4.90 Å². The number of amidine groups is 1. The monoisotopic (exact) mass is 350 g/mol. The van der Waals surface area contributed by atoms with Crippen molar-refractivity contribution < 1.29 is 13.2 Å². The largest absolute Gasteiger partial charge is 0.338 e. The first kappa shape index (κ1) is 16.9. The molecule has 0 spiro atoms. The smallest absolute Gasteiger partial charge is 0.263 e. The first-order valence-corrected chi connectivity index (χ1v) is 9.58. The van der Waals surface area contributed by atoms with Crippen LogP contribution in [0.4, 0.5) is 0 Å². The van der Waals surface area contributed by atoms with Crippen LogP contribution in [0, 0.1) is 5.92 Å². The lowest BCUT2D eigenvalue weighted by molar-refractivity contribution is -0.134. The molecule has 0 unspecified atom stereocenters. The number of hydrogen-bond donors (Lipinski definition) is 2. The number of amides is 1. The van der Waals surface area contributed by atoms with E-state index in [9.17, 15) is 13.2 Å². The van der Waals surface area contributed by atoms with Crippen LogP contribution in [0.3, 0.4) is 0 Å². The van der Waals surface area contributed by atoms with Gasteiger partial charge in [-0.15, -0.1) is 0 Å². The SMILES string of the molecule is CC(C)[C@H](N=C1NS(=O)(=O)c2ccccc21)C(=O)N1CCNCC1. The van der Waals surface area contributed by atoms with E-state index in [1.165, 1.54) is 0 Å². The first-order chi connectivity index (χ1) is 11.4. The summed E-state index contributed by atoms with van der Waals surface area (Å²) in [6.45, 7) is 6.67. The van der Waals surface area contributed by atoms with Gasteiger partial charge in [0.25, 0.3) is 10.0 Å². The average Bonchev–Trinajstić information content (AvgIpc) is 2.84. The summed E-state index contributed by atoms with van der Waals surface area (Å²) in [5, 5.41) is 3.21. The van der Waals surface area contributed by atoms with Gasteiger partial charge >= 0.3 is 0 Å². The van der Waals surface area contributed by atoms with Crippen LogP contribution in [-0.2, 0) is 14.8 Å². The highest BCUT2D eigenvalue weighted by Crippen LogP contribution is 2.23. The summed E-state index contributed by atoms with van der Waals surface area (Å²) < 4.78 is 26.9. The van der Waals surface area contributed by atoms with Gasteiger partial charge in [0.15, 0.2) is 0 Å². The van der Waals surface area contributed by atoms with Crippen molar-refractivity contribution in [3.63, 3.8) is 0 Å². The summed E-state index contributed by atoms with van der Waals surface area (Å²) in [7, 11) is -3.59. The summed E-state index contributed by atoms with van der Waals surface area (Å²) in [6, 6.07) is 6.08. The molecule has 0 radical (unpaired) electrons. The van der Waals surface area contributed by atoms with Crippen LogP contribution in [0.1, 0.15) is 19.4 Å². The lowest BCUT2D eigenvalue weighted by Gasteiger charge is -2.31. The van der Waals surface area contributed by atoms with Gasteiger partial charge in [-0.1, -0.05) is 26.0 Å². The molecule has 2 aliphatic heterocycles. The number of fused-ring (bicyclic) bond motifs is 1. The maximum absolute atomic E-state index is 12.8. The molecular weight excluding hydrogens is 328 g/mol. The van der Waals surface area contributed by atoms with Crippen LogP contribution >= 0.6 is 0 Å². The molecule has 1 aromatic carbocycles. The van der Waals surface area contributed by atoms with E-state index >= 15 is 0 Å². The van der Waals surface area contributed by atoms with Crippen LogP contribution in [-0.4, -0.2) is 57.3 Å². The van der Waals surface area contributed by atoms with Crippen LogP contribution in [0.2, 0.25) is 0 Å². The molecule has 0 saturated carbocycles. The van der Waals surface area contributed by atoms with E-state index in [1.54, 1.807) is 29.2 Å².